The van der Waals surface area contributed by atoms with E-state index in [-0.39, 0.29) is 0 Å². The molecule has 0 aliphatic heterocycles. The first-order valence-corrected chi connectivity index (χ1v) is 17.7. The van der Waals surface area contributed by atoms with Gasteiger partial charge in [-0.25, -0.2) is 4.98 Å². The van der Waals surface area contributed by atoms with Gasteiger partial charge < -0.3 is 4.42 Å². The second kappa shape index (κ2) is 11.3. The maximum Gasteiger partial charge on any atom is 0.145 e. The molecule has 3 heteroatoms. The number of hydrogen-bond acceptors (Lipinski definition) is 2. The summed E-state index contributed by atoms with van der Waals surface area (Å²) in [7, 11) is 0. The Hall–Kier alpha value is -6.97. The van der Waals surface area contributed by atoms with Crippen molar-refractivity contribution < 1.29 is 4.42 Å². The molecule has 242 valence electrons. The van der Waals surface area contributed by atoms with Gasteiger partial charge in [-0.05, 0) is 97.0 Å². The largest absolute Gasteiger partial charge is 0.456 e. The predicted octanol–water partition coefficient (Wildman–Crippen LogP) is 13.4. The zero-order valence-electron chi connectivity index (χ0n) is 28.1. The quantitative estimate of drug-likeness (QED) is 0.176. The Morgan fingerprint density at radius 3 is 1.71 bits per heavy atom. The minimum Gasteiger partial charge on any atom is -0.456 e. The van der Waals surface area contributed by atoms with Gasteiger partial charge in [0.1, 0.15) is 17.0 Å². The van der Waals surface area contributed by atoms with Crippen LogP contribution in [0.1, 0.15) is 0 Å². The van der Waals surface area contributed by atoms with Crippen molar-refractivity contribution in [1.29, 1.82) is 0 Å². The van der Waals surface area contributed by atoms with Gasteiger partial charge in [-0.2, -0.15) is 0 Å². The van der Waals surface area contributed by atoms with Crippen LogP contribution >= 0.6 is 0 Å². The van der Waals surface area contributed by atoms with E-state index in [2.05, 4.69) is 174 Å². The number of benzene rings is 9. The molecule has 0 saturated carbocycles. The molecule has 0 saturated heterocycles. The van der Waals surface area contributed by atoms with Gasteiger partial charge in [-0.15, -0.1) is 0 Å². The summed E-state index contributed by atoms with van der Waals surface area (Å²) in [6.45, 7) is 0. The Labute approximate surface area is 299 Å². The number of fused-ring (bicyclic) bond motifs is 8. The third-order valence-corrected chi connectivity index (χ3v) is 10.6. The molecule has 2 aromatic heterocycles. The summed E-state index contributed by atoms with van der Waals surface area (Å²) >= 11 is 0. The molecule has 0 fully saturated rings. The molecule has 0 aliphatic carbocycles. The Morgan fingerprint density at radius 2 is 0.981 bits per heavy atom. The second-order valence-electron chi connectivity index (χ2n) is 13.5. The average Bonchev–Trinajstić information content (AvgIpc) is 3.80. The average molecular weight is 663 g/mol. The molecular formula is C49H30N2O. The van der Waals surface area contributed by atoms with Crippen molar-refractivity contribution in [1.82, 2.24) is 9.55 Å². The molecule has 11 aromatic rings. The van der Waals surface area contributed by atoms with E-state index in [1.54, 1.807) is 0 Å². The highest BCUT2D eigenvalue weighted by Gasteiger charge is 2.19. The topological polar surface area (TPSA) is 31.0 Å². The minimum absolute atomic E-state index is 0.916. The fourth-order valence-electron chi connectivity index (χ4n) is 8.29. The van der Waals surface area contributed by atoms with E-state index in [1.807, 2.05) is 12.1 Å². The Morgan fingerprint density at radius 1 is 0.404 bits per heavy atom. The van der Waals surface area contributed by atoms with Crippen molar-refractivity contribution in [3.8, 4) is 39.3 Å². The van der Waals surface area contributed by atoms with E-state index >= 15 is 0 Å². The molecule has 2 heterocycles. The molecule has 0 radical (unpaired) electrons. The smallest absolute Gasteiger partial charge is 0.145 e. The van der Waals surface area contributed by atoms with Gasteiger partial charge in [-0.1, -0.05) is 140 Å². The molecule has 0 amide bonds. The summed E-state index contributed by atoms with van der Waals surface area (Å²) in [5.41, 5.74) is 10.9. The minimum atomic E-state index is 0.916. The van der Waals surface area contributed by atoms with Crippen molar-refractivity contribution in [2.75, 3.05) is 0 Å². The van der Waals surface area contributed by atoms with Gasteiger partial charge in [0, 0.05) is 22.0 Å². The molecule has 0 aliphatic rings. The zero-order chi connectivity index (χ0) is 34.2. The van der Waals surface area contributed by atoms with Gasteiger partial charge >= 0.3 is 0 Å². The summed E-state index contributed by atoms with van der Waals surface area (Å²) in [4.78, 5) is 5.07. The number of rotatable bonds is 4. The van der Waals surface area contributed by atoms with Gasteiger partial charge in [0.2, 0.25) is 0 Å². The molecule has 0 spiro atoms. The molecule has 0 bridgehead atoms. The molecule has 0 atom stereocenters. The third-order valence-electron chi connectivity index (χ3n) is 10.6. The second-order valence-corrected chi connectivity index (χ2v) is 13.5. The highest BCUT2D eigenvalue weighted by atomic mass is 16.3. The van der Waals surface area contributed by atoms with Crippen LogP contribution in [-0.2, 0) is 0 Å². The Kier molecular flexibility index (Phi) is 6.25. The zero-order valence-corrected chi connectivity index (χ0v) is 28.1. The van der Waals surface area contributed by atoms with E-state index in [9.17, 15) is 0 Å². The summed E-state index contributed by atoms with van der Waals surface area (Å²) in [6, 6.07) is 65.0. The maximum atomic E-state index is 6.29. The number of aromatic nitrogens is 2. The summed E-state index contributed by atoms with van der Waals surface area (Å²) in [5.74, 6) is 0.936. The number of imidazole rings is 1. The summed E-state index contributed by atoms with van der Waals surface area (Å²) < 4.78 is 8.56. The molecule has 0 N–H and O–H groups in total. The van der Waals surface area contributed by atoms with Crippen molar-refractivity contribution in [2.45, 2.75) is 0 Å². The standard InChI is InChI=1S/C49H30N2O/c1-2-12-33(13-3-1)49-50-42-19-9-10-20-43(42)51(49)35-27-24-32(25-28-35)46-36-14-4-6-16-38(36)47(39-17-7-5-15-37(39)46)34-23-22-31-26-29-45-48(41(31)30-34)40-18-8-11-21-44(40)52-45/h1-30H. The Bertz CT molecular complexity index is 3110. The predicted molar refractivity (Wildman–Crippen MR) is 217 cm³/mol. The molecule has 3 nitrogen and oxygen atoms in total. The van der Waals surface area contributed by atoms with Crippen LogP contribution in [-0.4, -0.2) is 9.55 Å². The monoisotopic (exact) mass is 662 g/mol. The van der Waals surface area contributed by atoms with Crippen LogP contribution in [0.2, 0.25) is 0 Å². The fraction of sp³-hybridized carbons (Fsp3) is 0. The number of nitrogens with zero attached hydrogens (tertiary/aromatic N) is 2. The van der Waals surface area contributed by atoms with Crippen molar-refractivity contribution in [3.63, 3.8) is 0 Å². The van der Waals surface area contributed by atoms with Crippen LogP contribution in [0.3, 0.4) is 0 Å². The highest BCUT2D eigenvalue weighted by Crippen LogP contribution is 2.45. The highest BCUT2D eigenvalue weighted by molar-refractivity contribution is 6.23. The fourth-order valence-corrected chi connectivity index (χ4v) is 8.29. The lowest BCUT2D eigenvalue weighted by atomic mass is 9.85. The van der Waals surface area contributed by atoms with Gasteiger partial charge in [0.25, 0.3) is 0 Å². The van der Waals surface area contributed by atoms with Gasteiger partial charge in [0.05, 0.1) is 11.0 Å². The van der Waals surface area contributed by atoms with E-state index in [0.29, 0.717) is 0 Å². The lowest BCUT2D eigenvalue weighted by Crippen LogP contribution is -1.98. The first kappa shape index (κ1) is 28.8. The molecule has 52 heavy (non-hydrogen) atoms. The van der Waals surface area contributed by atoms with Crippen LogP contribution < -0.4 is 0 Å². The van der Waals surface area contributed by atoms with Crippen molar-refractivity contribution in [2.24, 2.45) is 0 Å². The van der Waals surface area contributed by atoms with E-state index in [1.165, 1.54) is 60.0 Å². The number of furan rings is 1. The normalized spacial score (nSPS) is 11.8. The summed E-state index contributed by atoms with van der Waals surface area (Å²) in [6.07, 6.45) is 0. The van der Waals surface area contributed by atoms with E-state index < -0.39 is 0 Å². The SMILES string of the molecule is c1ccc(-c2nc3ccccc3n2-c2ccc(-c3c4ccccc4c(-c4ccc5ccc6oc7ccccc7c6c5c4)c4ccccc34)cc2)cc1. The van der Waals surface area contributed by atoms with Gasteiger partial charge in [-0.3, -0.25) is 4.57 Å². The maximum absolute atomic E-state index is 6.29. The van der Waals surface area contributed by atoms with Crippen LogP contribution in [0, 0.1) is 0 Å². The molecule has 0 unspecified atom stereocenters. The molecular weight excluding hydrogens is 633 g/mol. The lowest BCUT2D eigenvalue weighted by Gasteiger charge is -2.18. The number of hydrogen-bond donors (Lipinski definition) is 0. The van der Waals surface area contributed by atoms with Gasteiger partial charge in [0.15, 0.2) is 0 Å². The first-order valence-electron chi connectivity index (χ1n) is 17.7. The lowest BCUT2D eigenvalue weighted by molar-refractivity contribution is 0.669. The Balaban J connectivity index is 1.12. The van der Waals surface area contributed by atoms with Crippen LogP contribution in [0.15, 0.2) is 186 Å². The van der Waals surface area contributed by atoms with Crippen LogP contribution in [0.25, 0.3) is 105 Å². The molecule has 9 aromatic carbocycles. The number of para-hydroxylation sites is 3. The van der Waals surface area contributed by atoms with Crippen molar-refractivity contribution in [3.05, 3.63) is 182 Å². The van der Waals surface area contributed by atoms with E-state index in [4.69, 9.17) is 9.40 Å². The van der Waals surface area contributed by atoms with Crippen LogP contribution in [0.5, 0.6) is 0 Å². The third kappa shape index (κ3) is 4.30. The summed E-state index contributed by atoms with van der Waals surface area (Å²) in [5, 5.41) is 9.65. The van der Waals surface area contributed by atoms with E-state index in [0.717, 1.165) is 44.7 Å². The first-order chi connectivity index (χ1) is 25.8. The molecule has 11 rings (SSSR count). The van der Waals surface area contributed by atoms with Crippen molar-refractivity contribution >= 4 is 65.3 Å². The van der Waals surface area contributed by atoms with Crippen LogP contribution in [0.4, 0.5) is 0 Å².